The molecule has 194 valence electrons. The van der Waals surface area contributed by atoms with Gasteiger partial charge in [-0.25, -0.2) is 4.98 Å². The summed E-state index contributed by atoms with van der Waals surface area (Å²) in [7, 11) is 2.91. The van der Waals surface area contributed by atoms with E-state index >= 15 is 0 Å². The maximum Gasteiger partial charge on any atom is 0.435 e. The van der Waals surface area contributed by atoms with Crippen LogP contribution in [0, 0.1) is 6.92 Å². The Balaban J connectivity index is 1.75. The summed E-state index contributed by atoms with van der Waals surface area (Å²) in [4.78, 5) is 5.40. The van der Waals surface area contributed by atoms with Crippen LogP contribution < -0.4 is 10.2 Å². The molecule has 2 atom stereocenters. The van der Waals surface area contributed by atoms with E-state index in [0.29, 0.717) is 5.56 Å². The third-order valence-corrected chi connectivity index (χ3v) is 6.04. The van der Waals surface area contributed by atoms with E-state index in [1.54, 1.807) is 0 Å². The zero-order valence-corrected chi connectivity index (χ0v) is 19.5. The topological polar surface area (TPSA) is 72.4 Å². The van der Waals surface area contributed by atoms with Crippen molar-refractivity contribution in [1.82, 2.24) is 15.2 Å². The molecule has 1 N–H and O–H groups in total. The van der Waals surface area contributed by atoms with Crippen LogP contribution >= 0.6 is 0 Å². The Hall–Kier alpha value is -3.19. The van der Waals surface area contributed by atoms with Crippen LogP contribution in [0.4, 0.5) is 37.8 Å². The number of pyridine rings is 1. The fraction of sp³-hybridized carbons (Fsp3) is 0.435. The maximum atomic E-state index is 14.0. The molecule has 36 heavy (non-hydrogen) atoms. The van der Waals surface area contributed by atoms with Crippen LogP contribution in [0.5, 0.6) is 0 Å². The first kappa shape index (κ1) is 25.9. The second-order valence-electron chi connectivity index (χ2n) is 8.39. The number of fused-ring (bicyclic) bond motifs is 1. The second-order valence-corrected chi connectivity index (χ2v) is 8.39. The van der Waals surface area contributed by atoms with Crippen molar-refractivity contribution in [2.45, 2.75) is 38.0 Å². The number of halogens is 6. The molecule has 0 radical (unpaired) electrons. The summed E-state index contributed by atoms with van der Waals surface area (Å²) in [5, 5.41) is 11.1. The molecular weight excluding hydrogens is 492 g/mol. The zero-order chi connectivity index (χ0) is 26.3. The molecule has 13 heteroatoms. The lowest BCUT2D eigenvalue weighted by Gasteiger charge is -2.23. The van der Waals surface area contributed by atoms with Gasteiger partial charge >= 0.3 is 12.4 Å². The molecule has 1 aliphatic rings. The molecule has 4 rings (SSSR count). The van der Waals surface area contributed by atoms with Crippen LogP contribution in [-0.4, -0.2) is 54.7 Å². The SMILES string of the molecule is CO[C@H]1CN(c2cc3c(NCc4cccc(C(F)(F)F)c4)nnc(C)c3nc2C(F)(F)F)C[C@H]1OC. The Morgan fingerprint density at radius 2 is 1.64 bits per heavy atom. The molecule has 1 aromatic carbocycles. The predicted octanol–water partition coefficient (Wildman–Crippen LogP) is 4.83. The molecule has 1 fully saturated rings. The minimum Gasteiger partial charge on any atom is -0.377 e. The maximum absolute atomic E-state index is 14.0. The normalized spacial score (nSPS) is 18.8. The van der Waals surface area contributed by atoms with Crippen molar-refractivity contribution in [3.8, 4) is 0 Å². The van der Waals surface area contributed by atoms with Gasteiger partial charge in [0.25, 0.3) is 0 Å². The minimum atomic E-state index is -4.75. The van der Waals surface area contributed by atoms with E-state index in [4.69, 9.17) is 9.47 Å². The predicted molar refractivity (Wildman–Crippen MR) is 120 cm³/mol. The van der Waals surface area contributed by atoms with Crippen molar-refractivity contribution in [2.24, 2.45) is 0 Å². The molecule has 3 heterocycles. The van der Waals surface area contributed by atoms with E-state index in [1.807, 2.05) is 0 Å². The van der Waals surface area contributed by atoms with Crippen molar-refractivity contribution >= 4 is 22.4 Å². The molecule has 0 amide bonds. The van der Waals surface area contributed by atoms with Gasteiger partial charge in [0.1, 0.15) is 12.2 Å². The van der Waals surface area contributed by atoms with E-state index in [-0.39, 0.29) is 47.7 Å². The largest absolute Gasteiger partial charge is 0.435 e. The van der Waals surface area contributed by atoms with Gasteiger partial charge in [-0.05, 0) is 30.7 Å². The third-order valence-electron chi connectivity index (χ3n) is 6.04. The van der Waals surface area contributed by atoms with E-state index in [1.165, 1.54) is 44.2 Å². The van der Waals surface area contributed by atoms with Crippen LogP contribution in [0.1, 0.15) is 22.5 Å². The number of rotatable bonds is 6. The monoisotopic (exact) mass is 515 g/mol. The van der Waals surface area contributed by atoms with Gasteiger partial charge in [0.2, 0.25) is 0 Å². The Labute approximate surface area is 202 Å². The summed E-state index contributed by atoms with van der Waals surface area (Å²) < 4.78 is 92.0. The molecular formula is C23H23F6N5O2. The molecule has 0 bridgehead atoms. The highest BCUT2D eigenvalue weighted by molar-refractivity contribution is 5.93. The Bertz CT molecular complexity index is 1240. The highest BCUT2D eigenvalue weighted by atomic mass is 19.4. The fourth-order valence-electron chi connectivity index (χ4n) is 4.20. The number of hydrogen-bond acceptors (Lipinski definition) is 7. The number of benzene rings is 1. The number of aromatic nitrogens is 3. The van der Waals surface area contributed by atoms with Gasteiger partial charge in [0.05, 0.1) is 22.5 Å². The van der Waals surface area contributed by atoms with Crippen LogP contribution in [0.3, 0.4) is 0 Å². The van der Waals surface area contributed by atoms with Crippen LogP contribution in [0.2, 0.25) is 0 Å². The lowest BCUT2D eigenvalue weighted by Crippen LogP contribution is -2.27. The molecule has 7 nitrogen and oxygen atoms in total. The summed E-state index contributed by atoms with van der Waals surface area (Å²) in [6.45, 7) is 1.72. The number of nitrogens with zero attached hydrogens (tertiary/aromatic N) is 4. The molecule has 3 aromatic rings. The van der Waals surface area contributed by atoms with E-state index in [0.717, 1.165) is 12.1 Å². The van der Waals surface area contributed by atoms with Crippen LogP contribution in [-0.2, 0) is 28.4 Å². The highest BCUT2D eigenvalue weighted by Crippen LogP contribution is 2.40. The van der Waals surface area contributed by atoms with Gasteiger partial charge in [-0.1, -0.05) is 12.1 Å². The summed E-state index contributed by atoms with van der Waals surface area (Å²) in [5.41, 5.74) is -1.59. The highest BCUT2D eigenvalue weighted by Gasteiger charge is 2.41. The number of nitrogens with one attached hydrogen (secondary N) is 1. The summed E-state index contributed by atoms with van der Waals surface area (Å²) in [5.74, 6) is 0.0984. The molecule has 0 aliphatic carbocycles. The van der Waals surface area contributed by atoms with E-state index < -0.39 is 35.8 Å². The smallest absolute Gasteiger partial charge is 0.377 e. The average Bonchev–Trinajstić information content (AvgIpc) is 3.25. The molecule has 1 saturated heterocycles. The lowest BCUT2D eigenvalue weighted by atomic mass is 10.1. The zero-order valence-electron chi connectivity index (χ0n) is 19.5. The van der Waals surface area contributed by atoms with Gasteiger partial charge in [0.15, 0.2) is 11.5 Å². The molecule has 0 unspecified atom stereocenters. The Morgan fingerprint density at radius 1 is 0.972 bits per heavy atom. The minimum absolute atomic E-state index is 0.0154. The number of alkyl halides is 6. The van der Waals surface area contributed by atoms with E-state index in [2.05, 4.69) is 20.5 Å². The first-order valence-electron chi connectivity index (χ1n) is 10.9. The third kappa shape index (κ3) is 5.16. The molecule has 2 aromatic heterocycles. The number of hydrogen-bond donors (Lipinski definition) is 1. The van der Waals surface area contributed by atoms with E-state index in [9.17, 15) is 26.3 Å². The van der Waals surface area contributed by atoms with Crippen LogP contribution in [0.15, 0.2) is 30.3 Å². The molecule has 1 aliphatic heterocycles. The van der Waals surface area contributed by atoms with Crippen molar-refractivity contribution < 1.29 is 35.8 Å². The Morgan fingerprint density at radius 3 is 2.22 bits per heavy atom. The first-order valence-corrected chi connectivity index (χ1v) is 10.9. The standard InChI is InChI=1S/C23H23F6N5O2/c1-12-19-15(21(33-32-12)30-9-13-5-4-6-14(7-13)22(24,25)26)8-16(20(31-19)23(27,28)29)34-10-17(35-2)18(11-34)36-3/h4-8,17-18H,9-11H2,1-3H3,(H,30,33)/t17-,18+. The lowest BCUT2D eigenvalue weighted by molar-refractivity contribution is -0.140. The number of anilines is 2. The average molecular weight is 515 g/mol. The second kappa shape index (κ2) is 9.69. The molecule has 0 spiro atoms. The molecule has 0 saturated carbocycles. The number of aryl methyl sites for hydroxylation is 1. The fourth-order valence-corrected chi connectivity index (χ4v) is 4.20. The van der Waals surface area contributed by atoms with Crippen molar-refractivity contribution in [3.05, 3.63) is 52.8 Å². The van der Waals surface area contributed by atoms with Gasteiger partial charge < -0.3 is 19.7 Å². The first-order chi connectivity index (χ1) is 16.9. The number of ether oxygens (including phenoxy) is 2. The quantitative estimate of drug-likeness (QED) is 0.472. The van der Waals surface area contributed by atoms with Crippen molar-refractivity contribution in [2.75, 3.05) is 37.5 Å². The summed E-state index contributed by atoms with van der Waals surface area (Å²) in [6, 6.07) is 6.04. The summed E-state index contributed by atoms with van der Waals surface area (Å²) >= 11 is 0. The Kier molecular flexibility index (Phi) is 6.97. The van der Waals surface area contributed by atoms with Crippen molar-refractivity contribution in [1.29, 1.82) is 0 Å². The summed E-state index contributed by atoms with van der Waals surface area (Å²) in [6.07, 6.45) is -10.1. The van der Waals surface area contributed by atoms with Crippen molar-refractivity contribution in [3.63, 3.8) is 0 Å². The number of methoxy groups -OCH3 is 2. The van der Waals surface area contributed by atoms with Crippen LogP contribution in [0.25, 0.3) is 10.9 Å². The van der Waals surface area contributed by atoms with Gasteiger partial charge in [-0.3, -0.25) is 0 Å². The van der Waals surface area contributed by atoms with Gasteiger partial charge in [-0.2, -0.15) is 31.4 Å². The van der Waals surface area contributed by atoms with Gasteiger partial charge in [0, 0.05) is 39.2 Å². The van der Waals surface area contributed by atoms with Gasteiger partial charge in [-0.15, -0.1) is 5.10 Å².